The van der Waals surface area contributed by atoms with Crippen LogP contribution in [-0.4, -0.2) is 18.0 Å². The fourth-order valence-corrected chi connectivity index (χ4v) is 2.31. The summed E-state index contributed by atoms with van der Waals surface area (Å²) in [6.07, 6.45) is 4.07. The van der Waals surface area contributed by atoms with Crippen molar-refractivity contribution in [2.75, 3.05) is 18.8 Å². The lowest BCUT2D eigenvalue weighted by Gasteiger charge is -2.26. The first-order valence-corrected chi connectivity index (χ1v) is 6.31. The van der Waals surface area contributed by atoms with Crippen molar-refractivity contribution in [3.05, 3.63) is 28.2 Å². The van der Waals surface area contributed by atoms with Gasteiger partial charge in [-0.1, -0.05) is 12.5 Å². The van der Waals surface area contributed by atoms with Gasteiger partial charge in [-0.15, -0.1) is 0 Å². The summed E-state index contributed by atoms with van der Waals surface area (Å²) in [5.41, 5.74) is 8.02. The average molecular weight is 269 g/mol. The van der Waals surface area contributed by atoms with Crippen molar-refractivity contribution in [2.45, 2.75) is 25.8 Å². The van der Waals surface area contributed by atoms with Crippen molar-refractivity contribution < 1.29 is 0 Å². The molecule has 3 heteroatoms. The molecule has 0 radical (unpaired) electrons. The number of hydrogen-bond donors (Lipinski definition) is 1. The largest absolute Gasteiger partial charge is 0.398 e. The van der Waals surface area contributed by atoms with E-state index >= 15 is 0 Å². The molecular formula is C12H17BrN2. The molecule has 15 heavy (non-hydrogen) atoms. The number of anilines is 1. The van der Waals surface area contributed by atoms with Crippen LogP contribution in [0.3, 0.4) is 0 Å². The Morgan fingerprint density at radius 1 is 1.20 bits per heavy atom. The SMILES string of the molecule is Nc1cc(CN2CCCCC2)ccc1Br. The van der Waals surface area contributed by atoms with E-state index in [9.17, 15) is 0 Å². The van der Waals surface area contributed by atoms with E-state index < -0.39 is 0 Å². The van der Waals surface area contributed by atoms with Crippen molar-refractivity contribution in [3.8, 4) is 0 Å². The molecule has 82 valence electrons. The summed E-state index contributed by atoms with van der Waals surface area (Å²) in [5.74, 6) is 0. The quantitative estimate of drug-likeness (QED) is 0.836. The molecule has 1 aliphatic heterocycles. The van der Waals surface area contributed by atoms with Crippen LogP contribution >= 0.6 is 15.9 Å². The molecule has 2 rings (SSSR count). The number of halogens is 1. The van der Waals surface area contributed by atoms with Crippen LogP contribution in [0.2, 0.25) is 0 Å². The number of piperidine rings is 1. The first-order valence-electron chi connectivity index (χ1n) is 5.52. The molecule has 2 N–H and O–H groups in total. The van der Waals surface area contributed by atoms with E-state index in [2.05, 4.69) is 33.0 Å². The summed E-state index contributed by atoms with van der Waals surface area (Å²) in [6, 6.07) is 6.25. The molecule has 1 saturated heterocycles. The summed E-state index contributed by atoms with van der Waals surface area (Å²) in [5, 5.41) is 0. The Hall–Kier alpha value is -0.540. The number of nitrogens with zero attached hydrogens (tertiary/aromatic N) is 1. The van der Waals surface area contributed by atoms with Crippen LogP contribution in [0.4, 0.5) is 5.69 Å². The highest BCUT2D eigenvalue weighted by Crippen LogP contribution is 2.21. The molecule has 0 amide bonds. The van der Waals surface area contributed by atoms with Crippen LogP contribution in [-0.2, 0) is 6.54 Å². The molecule has 0 bridgehead atoms. The molecule has 1 fully saturated rings. The highest BCUT2D eigenvalue weighted by molar-refractivity contribution is 9.10. The van der Waals surface area contributed by atoms with Gasteiger partial charge in [0.2, 0.25) is 0 Å². The predicted molar refractivity (Wildman–Crippen MR) is 67.7 cm³/mol. The maximum Gasteiger partial charge on any atom is 0.0461 e. The Bertz CT molecular complexity index is 332. The van der Waals surface area contributed by atoms with E-state index in [0.717, 1.165) is 16.7 Å². The van der Waals surface area contributed by atoms with Crippen molar-refractivity contribution in [3.63, 3.8) is 0 Å². The molecule has 2 nitrogen and oxygen atoms in total. The average Bonchev–Trinajstić information content (AvgIpc) is 2.25. The smallest absolute Gasteiger partial charge is 0.0461 e. The third-order valence-corrected chi connectivity index (χ3v) is 3.64. The first-order chi connectivity index (χ1) is 7.25. The van der Waals surface area contributed by atoms with Gasteiger partial charge in [-0.3, -0.25) is 4.90 Å². The number of rotatable bonds is 2. The van der Waals surface area contributed by atoms with Gasteiger partial charge in [-0.25, -0.2) is 0 Å². The summed E-state index contributed by atoms with van der Waals surface area (Å²) < 4.78 is 0.991. The number of benzene rings is 1. The zero-order chi connectivity index (χ0) is 10.7. The minimum Gasteiger partial charge on any atom is -0.398 e. The van der Waals surface area contributed by atoms with Crippen LogP contribution in [0.5, 0.6) is 0 Å². The van der Waals surface area contributed by atoms with Gasteiger partial charge in [0.15, 0.2) is 0 Å². The van der Waals surface area contributed by atoms with E-state index in [-0.39, 0.29) is 0 Å². The van der Waals surface area contributed by atoms with E-state index in [1.54, 1.807) is 0 Å². The molecule has 0 aromatic heterocycles. The minimum absolute atomic E-state index is 0.838. The Morgan fingerprint density at radius 3 is 2.60 bits per heavy atom. The molecule has 1 heterocycles. The lowest BCUT2D eigenvalue weighted by molar-refractivity contribution is 0.221. The Morgan fingerprint density at radius 2 is 1.93 bits per heavy atom. The molecule has 1 aliphatic rings. The van der Waals surface area contributed by atoms with Gasteiger partial charge in [0, 0.05) is 16.7 Å². The second-order valence-corrected chi connectivity index (χ2v) is 5.05. The summed E-state index contributed by atoms with van der Waals surface area (Å²) >= 11 is 3.42. The molecule has 0 atom stereocenters. The van der Waals surface area contributed by atoms with Gasteiger partial charge in [0.25, 0.3) is 0 Å². The van der Waals surface area contributed by atoms with Gasteiger partial charge >= 0.3 is 0 Å². The van der Waals surface area contributed by atoms with Crippen molar-refractivity contribution in [1.29, 1.82) is 0 Å². The summed E-state index contributed by atoms with van der Waals surface area (Å²) in [6.45, 7) is 3.50. The van der Waals surface area contributed by atoms with Crippen LogP contribution in [0.15, 0.2) is 22.7 Å². The predicted octanol–water partition coefficient (Wildman–Crippen LogP) is 3.02. The normalized spacial score (nSPS) is 17.9. The number of likely N-dealkylation sites (tertiary alicyclic amines) is 1. The molecule has 1 aromatic carbocycles. The monoisotopic (exact) mass is 268 g/mol. The Kier molecular flexibility index (Phi) is 3.65. The molecule has 0 saturated carbocycles. The van der Waals surface area contributed by atoms with Crippen molar-refractivity contribution in [1.82, 2.24) is 4.90 Å². The second kappa shape index (κ2) is 4.99. The van der Waals surface area contributed by atoms with Crippen molar-refractivity contribution >= 4 is 21.6 Å². The van der Waals surface area contributed by atoms with Gasteiger partial charge < -0.3 is 5.73 Å². The number of nitrogens with two attached hydrogens (primary N) is 1. The van der Waals surface area contributed by atoms with Crippen molar-refractivity contribution in [2.24, 2.45) is 0 Å². The third kappa shape index (κ3) is 2.95. The van der Waals surface area contributed by atoms with E-state index in [1.807, 2.05) is 6.07 Å². The van der Waals surface area contributed by atoms with Crippen LogP contribution in [0.25, 0.3) is 0 Å². The number of nitrogen functional groups attached to an aromatic ring is 1. The van der Waals surface area contributed by atoms with Crippen LogP contribution in [0, 0.1) is 0 Å². The second-order valence-electron chi connectivity index (χ2n) is 4.19. The lowest BCUT2D eigenvalue weighted by Crippen LogP contribution is -2.29. The third-order valence-electron chi connectivity index (χ3n) is 2.92. The maximum absolute atomic E-state index is 5.86. The van der Waals surface area contributed by atoms with Gasteiger partial charge in [0.05, 0.1) is 0 Å². The minimum atomic E-state index is 0.838. The fraction of sp³-hybridized carbons (Fsp3) is 0.500. The molecule has 1 aromatic rings. The summed E-state index contributed by atoms with van der Waals surface area (Å²) in [4.78, 5) is 2.51. The molecular weight excluding hydrogens is 252 g/mol. The van der Waals surface area contributed by atoms with E-state index in [0.29, 0.717) is 0 Å². The Labute approximate surface area is 99.6 Å². The molecule has 0 spiro atoms. The maximum atomic E-state index is 5.86. The van der Waals surface area contributed by atoms with E-state index in [1.165, 1.54) is 37.9 Å². The van der Waals surface area contributed by atoms with Gasteiger partial charge in [-0.05, 0) is 59.6 Å². The van der Waals surface area contributed by atoms with E-state index in [4.69, 9.17) is 5.73 Å². The highest BCUT2D eigenvalue weighted by Gasteiger charge is 2.10. The standard InChI is InChI=1S/C12H17BrN2/c13-11-5-4-10(8-12(11)14)9-15-6-2-1-3-7-15/h4-5,8H,1-3,6-7,9,14H2. The highest BCUT2D eigenvalue weighted by atomic mass is 79.9. The zero-order valence-corrected chi connectivity index (χ0v) is 10.5. The zero-order valence-electron chi connectivity index (χ0n) is 8.88. The number of hydrogen-bond acceptors (Lipinski definition) is 2. The first kappa shape index (κ1) is 11.0. The van der Waals surface area contributed by atoms with Gasteiger partial charge in [0.1, 0.15) is 0 Å². The molecule has 0 aliphatic carbocycles. The van der Waals surface area contributed by atoms with Crippen LogP contribution in [0.1, 0.15) is 24.8 Å². The summed E-state index contributed by atoms with van der Waals surface area (Å²) in [7, 11) is 0. The fourth-order valence-electron chi connectivity index (χ4n) is 2.07. The topological polar surface area (TPSA) is 29.3 Å². The molecule has 0 unspecified atom stereocenters. The van der Waals surface area contributed by atoms with Gasteiger partial charge in [-0.2, -0.15) is 0 Å². The Balaban J connectivity index is 2.00. The van der Waals surface area contributed by atoms with Crippen LogP contribution < -0.4 is 5.73 Å². The lowest BCUT2D eigenvalue weighted by atomic mass is 10.1.